The number of rotatable bonds is 4. The molecule has 0 fully saturated rings. The van der Waals surface area contributed by atoms with Crippen molar-refractivity contribution in [2.45, 2.75) is 11.2 Å². The maximum atomic E-state index is 5.26. The van der Waals surface area contributed by atoms with E-state index in [4.69, 9.17) is 4.74 Å². The summed E-state index contributed by atoms with van der Waals surface area (Å²) in [5, 5.41) is 0. The molecule has 2 rings (SSSR count). The number of alkyl halides is 1. The second kappa shape index (κ2) is 7.09. The summed E-state index contributed by atoms with van der Waals surface area (Å²) in [4.78, 5) is 0.295. The van der Waals surface area contributed by atoms with Gasteiger partial charge in [0.2, 0.25) is 0 Å². The molecule has 0 bridgehead atoms. The molecule has 100 valence electrons. The second-order valence-electron chi connectivity index (χ2n) is 4.19. The lowest BCUT2D eigenvalue weighted by Gasteiger charge is -2.13. The summed E-state index contributed by atoms with van der Waals surface area (Å²) in [6.45, 7) is 0. The molecule has 1 atom stereocenters. The van der Waals surface area contributed by atoms with E-state index in [0.717, 1.165) is 16.6 Å². The first-order valence-electron chi connectivity index (χ1n) is 5.82. The standard InChI is InChI=1S/C15H13Br2IO/c1-19-12-4-2-3-10(7-12)8-14(17)13-9-11(16)5-6-15(13)18/h2-7,9,14H,8H2,1H3. The molecular formula is C15H13Br2IO. The van der Waals surface area contributed by atoms with Crippen LogP contribution >= 0.6 is 54.5 Å². The molecule has 2 aromatic rings. The largest absolute Gasteiger partial charge is 0.497 e. The van der Waals surface area contributed by atoms with Gasteiger partial charge in [0.05, 0.1) is 7.11 Å². The minimum absolute atomic E-state index is 0.295. The fraction of sp³-hybridized carbons (Fsp3) is 0.200. The van der Waals surface area contributed by atoms with E-state index in [1.165, 1.54) is 14.7 Å². The lowest BCUT2D eigenvalue weighted by molar-refractivity contribution is 0.414. The highest BCUT2D eigenvalue weighted by atomic mass is 127. The molecule has 0 saturated carbocycles. The summed E-state index contributed by atoms with van der Waals surface area (Å²) in [6, 6.07) is 14.6. The Bertz CT molecular complexity index is 572. The van der Waals surface area contributed by atoms with Crippen LogP contribution in [0.25, 0.3) is 0 Å². The van der Waals surface area contributed by atoms with Crippen molar-refractivity contribution >= 4 is 54.5 Å². The van der Waals surface area contributed by atoms with Gasteiger partial charge in [-0.25, -0.2) is 0 Å². The van der Waals surface area contributed by atoms with Gasteiger partial charge in [0.25, 0.3) is 0 Å². The average molecular weight is 496 g/mol. The van der Waals surface area contributed by atoms with Crippen LogP contribution in [-0.4, -0.2) is 7.11 Å². The summed E-state index contributed by atoms with van der Waals surface area (Å²) >= 11 is 9.69. The zero-order valence-corrected chi connectivity index (χ0v) is 15.7. The summed E-state index contributed by atoms with van der Waals surface area (Å²) in [5.74, 6) is 0.904. The maximum absolute atomic E-state index is 5.26. The molecule has 0 aliphatic carbocycles. The first-order chi connectivity index (χ1) is 9.10. The van der Waals surface area contributed by atoms with E-state index in [0.29, 0.717) is 4.83 Å². The molecule has 1 unspecified atom stereocenters. The minimum Gasteiger partial charge on any atom is -0.497 e. The minimum atomic E-state index is 0.295. The monoisotopic (exact) mass is 494 g/mol. The van der Waals surface area contributed by atoms with Gasteiger partial charge < -0.3 is 4.74 Å². The Morgan fingerprint density at radius 2 is 2.00 bits per heavy atom. The van der Waals surface area contributed by atoms with Crippen molar-refractivity contribution in [2.24, 2.45) is 0 Å². The molecule has 0 spiro atoms. The first-order valence-corrected chi connectivity index (χ1v) is 8.61. The fourth-order valence-corrected chi connectivity index (χ4v) is 4.14. The van der Waals surface area contributed by atoms with Gasteiger partial charge in [-0.15, -0.1) is 0 Å². The van der Waals surface area contributed by atoms with Crippen molar-refractivity contribution in [1.29, 1.82) is 0 Å². The van der Waals surface area contributed by atoms with Crippen molar-refractivity contribution in [3.05, 3.63) is 61.6 Å². The van der Waals surface area contributed by atoms with E-state index in [1.807, 2.05) is 12.1 Å². The molecule has 0 saturated heterocycles. The number of ether oxygens (including phenoxy) is 1. The van der Waals surface area contributed by atoms with Gasteiger partial charge in [-0.2, -0.15) is 0 Å². The predicted molar refractivity (Wildman–Crippen MR) is 95.2 cm³/mol. The Morgan fingerprint density at radius 3 is 2.74 bits per heavy atom. The van der Waals surface area contributed by atoms with Crippen LogP contribution in [0.5, 0.6) is 5.75 Å². The summed E-state index contributed by atoms with van der Waals surface area (Å²) in [7, 11) is 1.70. The topological polar surface area (TPSA) is 9.23 Å². The quantitative estimate of drug-likeness (QED) is 0.388. The predicted octanol–water partition coefficient (Wildman–Crippen LogP) is 5.74. The molecular weight excluding hydrogens is 483 g/mol. The zero-order valence-electron chi connectivity index (χ0n) is 10.4. The van der Waals surface area contributed by atoms with E-state index in [9.17, 15) is 0 Å². The van der Waals surface area contributed by atoms with Gasteiger partial charge in [-0.1, -0.05) is 44.0 Å². The molecule has 2 aromatic carbocycles. The van der Waals surface area contributed by atoms with Crippen molar-refractivity contribution in [2.75, 3.05) is 7.11 Å². The molecule has 0 N–H and O–H groups in total. The lowest BCUT2D eigenvalue weighted by atomic mass is 10.0. The summed E-state index contributed by atoms with van der Waals surface area (Å²) in [5.41, 5.74) is 2.56. The van der Waals surface area contributed by atoms with Crippen LogP contribution in [0, 0.1) is 3.57 Å². The van der Waals surface area contributed by atoms with Crippen molar-refractivity contribution in [3.63, 3.8) is 0 Å². The number of methoxy groups -OCH3 is 1. The van der Waals surface area contributed by atoms with Crippen LogP contribution in [0.3, 0.4) is 0 Å². The first kappa shape index (κ1) is 15.3. The van der Waals surface area contributed by atoms with E-state index < -0.39 is 0 Å². The third-order valence-corrected chi connectivity index (χ3v) is 5.14. The van der Waals surface area contributed by atoms with E-state index in [1.54, 1.807) is 7.11 Å². The van der Waals surface area contributed by atoms with Crippen LogP contribution in [0.2, 0.25) is 0 Å². The van der Waals surface area contributed by atoms with Crippen molar-refractivity contribution < 1.29 is 4.74 Å². The molecule has 0 amide bonds. The third-order valence-electron chi connectivity index (χ3n) is 2.84. The van der Waals surface area contributed by atoms with Gasteiger partial charge in [0.15, 0.2) is 0 Å². The summed E-state index contributed by atoms with van der Waals surface area (Å²) < 4.78 is 7.64. The number of benzene rings is 2. The van der Waals surface area contributed by atoms with Gasteiger partial charge in [0.1, 0.15) is 5.75 Å². The molecule has 4 heteroatoms. The molecule has 1 nitrogen and oxygen atoms in total. The maximum Gasteiger partial charge on any atom is 0.119 e. The van der Waals surface area contributed by atoms with Crippen molar-refractivity contribution in [1.82, 2.24) is 0 Å². The highest BCUT2D eigenvalue weighted by molar-refractivity contribution is 14.1. The Kier molecular flexibility index (Phi) is 5.71. The van der Waals surface area contributed by atoms with E-state index >= 15 is 0 Å². The zero-order chi connectivity index (χ0) is 13.8. The number of hydrogen-bond donors (Lipinski definition) is 0. The normalized spacial score (nSPS) is 12.2. The molecule has 0 aliphatic heterocycles. The Hall–Kier alpha value is -0.0700. The second-order valence-corrected chi connectivity index (χ2v) is 7.37. The van der Waals surface area contributed by atoms with Gasteiger partial charge >= 0.3 is 0 Å². The molecule has 0 heterocycles. The Morgan fingerprint density at radius 1 is 1.21 bits per heavy atom. The van der Waals surface area contributed by atoms with Crippen LogP contribution in [-0.2, 0) is 6.42 Å². The highest BCUT2D eigenvalue weighted by Gasteiger charge is 2.12. The van der Waals surface area contributed by atoms with Gasteiger partial charge in [-0.05, 0) is 70.5 Å². The van der Waals surface area contributed by atoms with Crippen LogP contribution in [0.4, 0.5) is 0 Å². The SMILES string of the molecule is COc1cccc(CC(Br)c2cc(Br)ccc2I)c1. The fourth-order valence-electron chi connectivity index (χ4n) is 1.87. The molecule has 0 aliphatic rings. The average Bonchev–Trinajstić information content (AvgIpc) is 2.41. The summed E-state index contributed by atoms with van der Waals surface area (Å²) in [6.07, 6.45) is 0.934. The Labute approximate surface area is 144 Å². The van der Waals surface area contributed by atoms with E-state index in [2.05, 4.69) is 84.8 Å². The van der Waals surface area contributed by atoms with Gasteiger partial charge in [-0.3, -0.25) is 0 Å². The molecule has 19 heavy (non-hydrogen) atoms. The Balaban J connectivity index is 2.20. The van der Waals surface area contributed by atoms with Crippen molar-refractivity contribution in [3.8, 4) is 5.75 Å². The number of hydrogen-bond acceptors (Lipinski definition) is 1. The van der Waals surface area contributed by atoms with Crippen LogP contribution < -0.4 is 4.74 Å². The van der Waals surface area contributed by atoms with E-state index in [-0.39, 0.29) is 0 Å². The third kappa shape index (κ3) is 4.20. The smallest absolute Gasteiger partial charge is 0.119 e. The molecule has 0 aromatic heterocycles. The highest BCUT2D eigenvalue weighted by Crippen LogP contribution is 2.33. The van der Waals surface area contributed by atoms with Crippen LogP contribution in [0.1, 0.15) is 16.0 Å². The molecule has 0 radical (unpaired) electrons. The van der Waals surface area contributed by atoms with Crippen LogP contribution in [0.15, 0.2) is 46.9 Å². The number of halogens is 3. The lowest BCUT2D eigenvalue weighted by Crippen LogP contribution is -1.98. The van der Waals surface area contributed by atoms with Gasteiger partial charge in [0, 0.05) is 12.9 Å².